The molecule has 2 aromatic rings. The van der Waals surface area contributed by atoms with E-state index >= 15 is 0 Å². The van der Waals surface area contributed by atoms with Gasteiger partial charge in [0.25, 0.3) is 0 Å². The van der Waals surface area contributed by atoms with E-state index in [-0.39, 0.29) is 5.28 Å². The summed E-state index contributed by atoms with van der Waals surface area (Å²) in [7, 11) is 0. The number of fused-ring (bicyclic) bond motifs is 1. The first-order valence-electron chi connectivity index (χ1n) is 7.09. The predicted octanol–water partition coefficient (Wildman–Crippen LogP) is 2.15. The molecular weight excluding hydrogens is 276 g/mol. The molecule has 20 heavy (non-hydrogen) atoms. The van der Waals surface area contributed by atoms with Crippen LogP contribution in [0.15, 0.2) is 6.33 Å². The van der Waals surface area contributed by atoms with Gasteiger partial charge < -0.3 is 15.2 Å². The molecule has 0 amide bonds. The lowest BCUT2D eigenvalue weighted by Crippen LogP contribution is -2.35. The number of nitrogens with one attached hydrogen (secondary N) is 2. The standard InChI is InChI=1S/C13H19ClN6/c1-2-20-5-3-9(4-6-20)7-15-11-10-12(17-8-16-10)19-13(14)18-11/h8-9H,2-7H2,1H3,(H2,15,16,17,18,19). The van der Waals surface area contributed by atoms with Crippen molar-refractivity contribution in [2.75, 3.05) is 31.5 Å². The van der Waals surface area contributed by atoms with Crippen molar-refractivity contribution in [2.24, 2.45) is 5.92 Å². The van der Waals surface area contributed by atoms with E-state index in [4.69, 9.17) is 11.6 Å². The zero-order valence-electron chi connectivity index (χ0n) is 11.6. The highest BCUT2D eigenvalue weighted by atomic mass is 35.5. The van der Waals surface area contributed by atoms with Crippen LogP contribution in [0.2, 0.25) is 5.28 Å². The van der Waals surface area contributed by atoms with Gasteiger partial charge in [0.2, 0.25) is 5.28 Å². The Morgan fingerprint density at radius 3 is 2.95 bits per heavy atom. The van der Waals surface area contributed by atoms with Crippen LogP contribution in [0.1, 0.15) is 19.8 Å². The monoisotopic (exact) mass is 294 g/mol. The number of nitrogens with zero attached hydrogens (tertiary/aromatic N) is 4. The third-order valence-corrected chi connectivity index (χ3v) is 4.14. The van der Waals surface area contributed by atoms with Gasteiger partial charge in [-0.25, -0.2) is 4.98 Å². The van der Waals surface area contributed by atoms with E-state index in [1.807, 2.05) is 0 Å². The maximum atomic E-state index is 5.92. The summed E-state index contributed by atoms with van der Waals surface area (Å²) in [5, 5.41) is 3.62. The molecule has 0 bridgehead atoms. The largest absolute Gasteiger partial charge is 0.368 e. The molecule has 1 aliphatic heterocycles. The van der Waals surface area contributed by atoms with Crippen molar-refractivity contribution in [3.05, 3.63) is 11.6 Å². The summed E-state index contributed by atoms with van der Waals surface area (Å²) in [6.45, 7) is 6.66. The Bertz CT molecular complexity index is 575. The van der Waals surface area contributed by atoms with Crippen LogP contribution in [-0.2, 0) is 0 Å². The molecule has 0 unspecified atom stereocenters. The molecule has 3 heterocycles. The van der Waals surface area contributed by atoms with Crippen LogP contribution >= 0.6 is 11.6 Å². The Labute approximate surface area is 123 Å². The van der Waals surface area contributed by atoms with Crippen molar-refractivity contribution < 1.29 is 0 Å². The molecule has 2 N–H and O–H groups in total. The molecule has 0 aromatic carbocycles. The van der Waals surface area contributed by atoms with E-state index in [0.29, 0.717) is 11.6 Å². The lowest BCUT2D eigenvalue weighted by molar-refractivity contribution is 0.198. The van der Waals surface area contributed by atoms with Gasteiger partial charge in [-0.2, -0.15) is 9.97 Å². The molecule has 0 atom stereocenters. The van der Waals surface area contributed by atoms with Crippen LogP contribution in [0.3, 0.4) is 0 Å². The van der Waals surface area contributed by atoms with Crippen LogP contribution in [-0.4, -0.2) is 51.0 Å². The number of aromatic nitrogens is 4. The number of piperidine rings is 1. The molecule has 0 aliphatic carbocycles. The number of hydrogen-bond donors (Lipinski definition) is 2. The topological polar surface area (TPSA) is 69.7 Å². The quantitative estimate of drug-likeness (QED) is 0.846. The van der Waals surface area contributed by atoms with Crippen molar-refractivity contribution >= 4 is 28.6 Å². The van der Waals surface area contributed by atoms with Gasteiger partial charge in [-0.1, -0.05) is 6.92 Å². The molecule has 3 rings (SSSR count). The van der Waals surface area contributed by atoms with Gasteiger partial charge in [-0.3, -0.25) is 0 Å². The van der Waals surface area contributed by atoms with E-state index in [1.165, 1.54) is 25.9 Å². The average Bonchev–Trinajstić information content (AvgIpc) is 2.93. The summed E-state index contributed by atoms with van der Waals surface area (Å²) in [5.74, 6) is 1.43. The Kier molecular flexibility index (Phi) is 4.03. The smallest absolute Gasteiger partial charge is 0.226 e. The minimum Gasteiger partial charge on any atom is -0.368 e. The second-order valence-electron chi connectivity index (χ2n) is 5.20. The molecule has 108 valence electrons. The Morgan fingerprint density at radius 1 is 1.40 bits per heavy atom. The maximum Gasteiger partial charge on any atom is 0.226 e. The second-order valence-corrected chi connectivity index (χ2v) is 5.54. The first kappa shape index (κ1) is 13.6. The molecule has 1 aliphatic rings. The fraction of sp³-hybridized carbons (Fsp3) is 0.615. The minimum atomic E-state index is 0.230. The zero-order chi connectivity index (χ0) is 13.9. The van der Waals surface area contributed by atoms with Crippen molar-refractivity contribution in [3.63, 3.8) is 0 Å². The van der Waals surface area contributed by atoms with Gasteiger partial charge in [0.05, 0.1) is 6.33 Å². The third-order valence-electron chi connectivity index (χ3n) is 3.97. The summed E-state index contributed by atoms with van der Waals surface area (Å²) in [6.07, 6.45) is 4.07. The molecule has 0 radical (unpaired) electrons. The molecule has 0 saturated carbocycles. The first-order valence-corrected chi connectivity index (χ1v) is 7.47. The van der Waals surface area contributed by atoms with Gasteiger partial charge in [-0.15, -0.1) is 0 Å². The molecule has 1 fully saturated rings. The number of H-pyrrole nitrogens is 1. The number of imidazole rings is 1. The summed E-state index contributed by atoms with van der Waals surface area (Å²) in [5.41, 5.74) is 1.42. The highest BCUT2D eigenvalue weighted by molar-refractivity contribution is 6.28. The number of rotatable bonds is 4. The highest BCUT2D eigenvalue weighted by Crippen LogP contribution is 2.21. The Balaban J connectivity index is 1.64. The van der Waals surface area contributed by atoms with Crippen LogP contribution in [0.4, 0.5) is 5.82 Å². The lowest BCUT2D eigenvalue weighted by Gasteiger charge is -2.31. The van der Waals surface area contributed by atoms with Gasteiger partial charge in [0, 0.05) is 6.54 Å². The van der Waals surface area contributed by atoms with E-state index < -0.39 is 0 Å². The molecule has 7 heteroatoms. The van der Waals surface area contributed by atoms with Gasteiger partial charge in [0.15, 0.2) is 11.5 Å². The number of halogens is 1. The average molecular weight is 295 g/mol. The second kappa shape index (κ2) is 5.93. The van der Waals surface area contributed by atoms with E-state index in [2.05, 4.69) is 37.1 Å². The van der Waals surface area contributed by atoms with E-state index in [0.717, 1.165) is 24.4 Å². The van der Waals surface area contributed by atoms with Crippen molar-refractivity contribution in [1.29, 1.82) is 0 Å². The van der Waals surface area contributed by atoms with Crippen molar-refractivity contribution in [3.8, 4) is 0 Å². The van der Waals surface area contributed by atoms with Crippen molar-refractivity contribution in [2.45, 2.75) is 19.8 Å². The SMILES string of the molecule is CCN1CCC(CNc2nc(Cl)nc3nc[nH]c23)CC1. The maximum absolute atomic E-state index is 5.92. The van der Waals surface area contributed by atoms with Gasteiger partial charge in [0.1, 0.15) is 5.52 Å². The van der Waals surface area contributed by atoms with Crippen LogP contribution < -0.4 is 5.32 Å². The number of aromatic amines is 1. The van der Waals surface area contributed by atoms with Crippen molar-refractivity contribution in [1.82, 2.24) is 24.8 Å². The fourth-order valence-electron chi connectivity index (χ4n) is 2.68. The Hall–Kier alpha value is -1.40. The normalized spacial score (nSPS) is 17.7. The summed E-state index contributed by atoms with van der Waals surface area (Å²) in [4.78, 5) is 18.0. The van der Waals surface area contributed by atoms with Crippen LogP contribution in [0.25, 0.3) is 11.2 Å². The molecule has 1 saturated heterocycles. The first-order chi connectivity index (χ1) is 9.76. The summed E-state index contributed by atoms with van der Waals surface area (Å²) < 4.78 is 0. The third kappa shape index (κ3) is 2.86. The van der Waals surface area contributed by atoms with Crippen LogP contribution in [0.5, 0.6) is 0 Å². The molecule has 0 spiro atoms. The van der Waals surface area contributed by atoms with Gasteiger partial charge >= 0.3 is 0 Å². The summed E-state index contributed by atoms with van der Waals surface area (Å²) >= 11 is 5.92. The highest BCUT2D eigenvalue weighted by Gasteiger charge is 2.18. The molecule has 2 aromatic heterocycles. The summed E-state index contributed by atoms with van der Waals surface area (Å²) in [6, 6.07) is 0. The van der Waals surface area contributed by atoms with E-state index in [1.54, 1.807) is 6.33 Å². The molecular formula is C13H19ClN6. The Morgan fingerprint density at radius 2 is 2.20 bits per heavy atom. The predicted molar refractivity (Wildman–Crippen MR) is 80.0 cm³/mol. The zero-order valence-corrected chi connectivity index (χ0v) is 12.3. The van der Waals surface area contributed by atoms with Gasteiger partial charge in [-0.05, 0) is 50.0 Å². The number of hydrogen-bond acceptors (Lipinski definition) is 5. The number of anilines is 1. The lowest BCUT2D eigenvalue weighted by atomic mass is 9.97. The minimum absolute atomic E-state index is 0.230. The number of likely N-dealkylation sites (tertiary alicyclic amines) is 1. The van der Waals surface area contributed by atoms with Crippen LogP contribution in [0, 0.1) is 5.92 Å². The molecule has 6 nitrogen and oxygen atoms in total. The van der Waals surface area contributed by atoms with E-state index in [9.17, 15) is 0 Å². The fourth-order valence-corrected chi connectivity index (χ4v) is 2.85.